The van der Waals surface area contributed by atoms with Gasteiger partial charge in [-0.15, -0.1) is 0 Å². The van der Waals surface area contributed by atoms with Gasteiger partial charge in [-0.05, 0) is 66.0 Å². The number of benzene rings is 1. The van der Waals surface area contributed by atoms with Crippen molar-refractivity contribution in [2.75, 3.05) is 0 Å². The van der Waals surface area contributed by atoms with Crippen LogP contribution in [0.4, 0.5) is 0 Å². The van der Waals surface area contributed by atoms with Gasteiger partial charge >= 0.3 is 0 Å². The molecule has 0 unspecified atom stereocenters. The minimum Gasteiger partial charge on any atom is -0.0840 e. The van der Waals surface area contributed by atoms with Gasteiger partial charge in [0.05, 0.1) is 0 Å². The molecule has 0 aliphatic heterocycles. The summed E-state index contributed by atoms with van der Waals surface area (Å²) >= 11 is 6.56. The van der Waals surface area contributed by atoms with Crippen molar-refractivity contribution in [2.45, 2.75) is 65.7 Å². The molecule has 0 aromatic heterocycles. The minimum atomic E-state index is 0.405. The minimum absolute atomic E-state index is 0.405. The van der Waals surface area contributed by atoms with Gasteiger partial charge in [-0.25, -0.2) is 0 Å². The molecule has 0 nitrogen and oxygen atoms in total. The maximum absolute atomic E-state index is 6.56. The van der Waals surface area contributed by atoms with Gasteiger partial charge in [0.1, 0.15) is 0 Å². The Kier molecular flexibility index (Phi) is 4.54. The van der Waals surface area contributed by atoms with Gasteiger partial charge in [0, 0.05) is 5.02 Å². The van der Waals surface area contributed by atoms with Crippen molar-refractivity contribution in [3.8, 4) is 0 Å². The molecule has 1 radical (unpaired) electrons. The Bertz CT molecular complexity index is 455. The van der Waals surface area contributed by atoms with E-state index < -0.39 is 0 Å². The van der Waals surface area contributed by atoms with E-state index in [0.29, 0.717) is 16.7 Å². The van der Waals surface area contributed by atoms with Crippen LogP contribution < -0.4 is 0 Å². The van der Waals surface area contributed by atoms with Crippen LogP contribution in [0, 0.1) is 17.8 Å². The van der Waals surface area contributed by atoms with E-state index in [2.05, 4.69) is 52.8 Å². The molecule has 1 saturated carbocycles. The van der Waals surface area contributed by atoms with Crippen LogP contribution >= 0.6 is 11.6 Å². The monoisotopic (exact) mass is 291 g/mol. The molecule has 1 heteroatoms. The topological polar surface area (TPSA) is 0 Å². The predicted molar refractivity (Wildman–Crippen MR) is 89.3 cm³/mol. The summed E-state index contributed by atoms with van der Waals surface area (Å²) in [5.74, 6) is 0.593. The molecule has 1 aromatic carbocycles. The number of rotatable bonds is 3. The first-order valence-electron chi connectivity index (χ1n) is 7.80. The fraction of sp³-hybridized carbons (Fsp3) is 0.632. The molecule has 1 aliphatic rings. The average molecular weight is 292 g/mol. The lowest BCUT2D eigenvalue weighted by molar-refractivity contribution is 0.0969. The third-order valence-electron chi connectivity index (χ3n) is 4.53. The first-order valence-corrected chi connectivity index (χ1v) is 8.18. The zero-order valence-corrected chi connectivity index (χ0v) is 14.2. The third-order valence-corrected chi connectivity index (χ3v) is 4.85. The molecule has 0 bridgehead atoms. The van der Waals surface area contributed by atoms with E-state index in [4.69, 9.17) is 11.6 Å². The highest BCUT2D eigenvalue weighted by Crippen LogP contribution is 2.52. The normalized spacial score (nSPS) is 21.9. The van der Waals surface area contributed by atoms with Gasteiger partial charge in [-0.1, -0.05) is 58.4 Å². The molecule has 1 aliphatic carbocycles. The maximum atomic E-state index is 6.56. The van der Waals surface area contributed by atoms with Crippen LogP contribution in [-0.4, -0.2) is 0 Å². The Labute approximate surface area is 129 Å². The Morgan fingerprint density at radius 3 is 2.25 bits per heavy atom. The van der Waals surface area contributed by atoms with Crippen molar-refractivity contribution in [1.29, 1.82) is 0 Å². The van der Waals surface area contributed by atoms with Gasteiger partial charge in [0.15, 0.2) is 0 Å². The number of hydrogen-bond acceptors (Lipinski definition) is 0. The quantitative estimate of drug-likeness (QED) is 0.602. The van der Waals surface area contributed by atoms with Crippen LogP contribution in [0.15, 0.2) is 18.2 Å². The van der Waals surface area contributed by atoms with Crippen molar-refractivity contribution in [3.63, 3.8) is 0 Å². The Balaban J connectivity index is 2.26. The van der Waals surface area contributed by atoms with Crippen molar-refractivity contribution in [2.24, 2.45) is 10.8 Å². The molecule has 111 valence electrons. The maximum Gasteiger partial charge on any atom is 0.0443 e. The van der Waals surface area contributed by atoms with Gasteiger partial charge < -0.3 is 0 Å². The van der Waals surface area contributed by atoms with Crippen molar-refractivity contribution in [3.05, 3.63) is 41.3 Å². The first kappa shape index (κ1) is 15.9. The Morgan fingerprint density at radius 2 is 1.75 bits per heavy atom. The molecule has 0 spiro atoms. The number of halogens is 1. The largest absolute Gasteiger partial charge is 0.0840 e. The average Bonchev–Trinajstić information content (AvgIpc) is 2.25. The van der Waals surface area contributed by atoms with E-state index in [1.165, 1.54) is 30.4 Å². The third kappa shape index (κ3) is 3.79. The predicted octanol–water partition coefficient (Wildman–Crippen LogP) is 6.43. The molecule has 2 rings (SSSR count). The van der Waals surface area contributed by atoms with Crippen LogP contribution in [0.5, 0.6) is 0 Å². The summed E-state index contributed by atoms with van der Waals surface area (Å²) in [6.45, 7) is 13.5. The second-order valence-corrected chi connectivity index (χ2v) is 8.48. The summed E-state index contributed by atoms with van der Waals surface area (Å²) in [5.41, 5.74) is 3.46. The summed E-state index contributed by atoms with van der Waals surface area (Å²) in [5, 5.41) is 0.953. The zero-order chi connectivity index (χ0) is 15.0. The molecule has 0 heterocycles. The molecule has 0 amide bonds. The van der Waals surface area contributed by atoms with E-state index in [9.17, 15) is 0 Å². The van der Waals surface area contributed by atoms with Crippen molar-refractivity contribution in [1.82, 2.24) is 0 Å². The van der Waals surface area contributed by atoms with Gasteiger partial charge in [-0.2, -0.15) is 0 Å². The Morgan fingerprint density at radius 1 is 1.15 bits per heavy atom. The van der Waals surface area contributed by atoms with Gasteiger partial charge in [-0.3, -0.25) is 0 Å². The van der Waals surface area contributed by atoms with E-state index in [1.54, 1.807) is 0 Å². The summed E-state index contributed by atoms with van der Waals surface area (Å²) in [6, 6.07) is 6.65. The van der Waals surface area contributed by atoms with Crippen LogP contribution in [0.1, 0.15) is 70.4 Å². The summed E-state index contributed by atoms with van der Waals surface area (Å²) < 4.78 is 0. The van der Waals surface area contributed by atoms with E-state index >= 15 is 0 Å². The smallest absolute Gasteiger partial charge is 0.0443 e. The van der Waals surface area contributed by atoms with Crippen molar-refractivity contribution >= 4 is 11.6 Å². The molecular formula is C19H28Cl. The first-order chi connectivity index (χ1) is 9.22. The standard InChI is InChI=1S/C19H28Cl/c1-6-7-14-8-9-16(17(20)10-14)15-11-18(2,3)13-19(4,5)12-15/h8-10,15H,1,6-7,11-13H2,2-5H3. The highest BCUT2D eigenvalue weighted by molar-refractivity contribution is 6.31. The molecule has 20 heavy (non-hydrogen) atoms. The van der Waals surface area contributed by atoms with Crippen molar-refractivity contribution < 1.29 is 0 Å². The molecule has 0 N–H and O–H groups in total. The lowest BCUT2D eigenvalue weighted by Gasteiger charge is -2.45. The van der Waals surface area contributed by atoms with Crippen LogP contribution in [0.3, 0.4) is 0 Å². The molecule has 0 atom stereocenters. The van der Waals surface area contributed by atoms with Crippen LogP contribution in [0.2, 0.25) is 5.02 Å². The van der Waals surface area contributed by atoms with E-state index in [1.807, 2.05) is 0 Å². The van der Waals surface area contributed by atoms with E-state index in [-0.39, 0.29) is 0 Å². The molecule has 1 fully saturated rings. The lowest BCUT2D eigenvalue weighted by Crippen LogP contribution is -2.33. The fourth-order valence-corrected chi connectivity index (χ4v) is 4.68. The zero-order valence-electron chi connectivity index (χ0n) is 13.4. The fourth-order valence-electron chi connectivity index (χ4n) is 4.33. The molecule has 0 saturated heterocycles. The Hall–Kier alpha value is -0.490. The van der Waals surface area contributed by atoms with Gasteiger partial charge in [0.25, 0.3) is 0 Å². The SMILES string of the molecule is [CH2]CCc1ccc(C2CC(C)(C)CC(C)(C)C2)c(Cl)c1. The summed E-state index contributed by atoms with van der Waals surface area (Å²) in [7, 11) is 0. The lowest BCUT2D eigenvalue weighted by atomic mass is 9.60. The summed E-state index contributed by atoms with van der Waals surface area (Å²) in [6.07, 6.45) is 5.73. The highest BCUT2D eigenvalue weighted by atomic mass is 35.5. The highest BCUT2D eigenvalue weighted by Gasteiger charge is 2.39. The van der Waals surface area contributed by atoms with Crippen LogP contribution in [0.25, 0.3) is 0 Å². The van der Waals surface area contributed by atoms with Crippen LogP contribution in [-0.2, 0) is 6.42 Å². The molecule has 1 aromatic rings. The second-order valence-electron chi connectivity index (χ2n) is 8.07. The number of aryl methyl sites for hydroxylation is 1. The van der Waals surface area contributed by atoms with E-state index in [0.717, 1.165) is 17.9 Å². The number of hydrogen-bond donors (Lipinski definition) is 0. The van der Waals surface area contributed by atoms with Gasteiger partial charge in [0.2, 0.25) is 0 Å². The molecular weight excluding hydrogens is 264 g/mol. The second kappa shape index (κ2) is 5.72. The summed E-state index contributed by atoms with van der Waals surface area (Å²) in [4.78, 5) is 0.